The van der Waals surface area contributed by atoms with Crippen molar-refractivity contribution in [2.45, 2.75) is 26.1 Å². The van der Waals surface area contributed by atoms with Gasteiger partial charge in [-0.15, -0.1) is 10.2 Å². The average Bonchev–Trinajstić information content (AvgIpc) is 2.32. The number of hydrogen-bond acceptors (Lipinski definition) is 4. The Hall–Kier alpha value is -0.910. The van der Waals surface area contributed by atoms with Crippen LogP contribution in [0.15, 0.2) is 6.33 Å². The van der Waals surface area contributed by atoms with Gasteiger partial charge in [0.25, 0.3) is 0 Å². The standard InChI is InChI=1S/C8H15N3O2S/c1-7(2)4-11-6-9-10-8(11)5-14(3,12)13/h6-7H,4-5H2,1-3H3. The highest BCUT2D eigenvalue weighted by molar-refractivity contribution is 7.89. The molecule has 0 aromatic carbocycles. The Kier molecular flexibility index (Phi) is 3.25. The van der Waals surface area contributed by atoms with Gasteiger partial charge in [0.1, 0.15) is 17.9 Å². The molecular weight excluding hydrogens is 202 g/mol. The maximum absolute atomic E-state index is 11.1. The summed E-state index contributed by atoms with van der Waals surface area (Å²) in [4.78, 5) is 0. The van der Waals surface area contributed by atoms with Crippen LogP contribution in [0.1, 0.15) is 19.7 Å². The number of rotatable bonds is 4. The Balaban J connectivity index is 2.83. The zero-order valence-corrected chi connectivity index (χ0v) is 9.45. The number of nitrogens with zero attached hydrogens (tertiary/aromatic N) is 3. The maximum atomic E-state index is 11.1. The number of aromatic nitrogens is 3. The monoisotopic (exact) mass is 217 g/mol. The van der Waals surface area contributed by atoms with E-state index in [4.69, 9.17) is 0 Å². The molecule has 1 heterocycles. The van der Waals surface area contributed by atoms with Gasteiger partial charge in [-0.25, -0.2) is 8.42 Å². The molecule has 5 nitrogen and oxygen atoms in total. The summed E-state index contributed by atoms with van der Waals surface area (Å²) >= 11 is 0. The van der Waals surface area contributed by atoms with E-state index in [0.29, 0.717) is 11.7 Å². The topological polar surface area (TPSA) is 64.8 Å². The third-order valence-corrected chi connectivity index (χ3v) is 2.43. The van der Waals surface area contributed by atoms with Crippen LogP contribution in [0.4, 0.5) is 0 Å². The molecule has 0 aliphatic carbocycles. The molecule has 1 rings (SSSR count). The van der Waals surface area contributed by atoms with Crippen molar-refractivity contribution in [1.82, 2.24) is 14.8 Å². The molecule has 6 heteroatoms. The molecule has 0 saturated carbocycles. The van der Waals surface area contributed by atoms with Crippen LogP contribution in [0.25, 0.3) is 0 Å². The lowest BCUT2D eigenvalue weighted by Crippen LogP contribution is -2.11. The largest absolute Gasteiger partial charge is 0.316 e. The quantitative estimate of drug-likeness (QED) is 0.735. The summed E-state index contributed by atoms with van der Waals surface area (Å²) in [6.45, 7) is 4.87. The van der Waals surface area contributed by atoms with Crippen molar-refractivity contribution in [2.24, 2.45) is 5.92 Å². The van der Waals surface area contributed by atoms with Crippen LogP contribution in [0, 0.1) is 5.92 Å². The Morgan fingerprint density at radius 2 is 2.14 bits per heavy atom. The summed E-state index contributed by atoms with van der Waals surface area (Å²) in [6, 6.07) is 0. The lowest BCUT2D eigenvalue weighted by molar-refractivity contribution is 0.509. The molecule has 0 aliphatic rings. The Morgan fingerprint density at radius 1 is 1.50 bits per heavy atom. The van der Waals surface area contributed by atoms with Crippen molar-refractivity contribution in [3.8, 4) is 0 Å². The van der Waals surface area contributed by atoms with E-state index in [1.165, 1.54) is 6.26 Å². The summed E-state index contributed by atoms with van der Waals surface area (Å²) in [6.07, 6.45) is 2.77. The van der Waals surface area contributed by atoms with Crippen LogP contribution in [0.3, 0.4) is 0 Å². The summed E-state index contributed by atoms with van der Waals surface area (Å²) < 4.78 is 23.9. The first-order valence-electron chi connectivity index (χ1n) is 4.43. The van der Waals surface area contributed by atoms with Crippen LogP contribution in [-0.2, 0) is 22.1 Å². The minimum absolute atomic E-state index is 0.0419. The molecule has 80 valence electrons. The normalized spacial score (nSPS) is 12.3. The molecule has 0 bridgehead atoms. The first-order valence-corrected chi connectivity index (χ1v) is 6.49. The van der Waals surface area contributed by atoms with Crippen molar-refractivity contribution >= 4 is 9.84 Å². The fraction of sp³-hybridized carbons (Fsp3) is 0.750. The zero-order chi connectivity index (χ0) is 10.8. The number of sulfone groups is 1. The van der Waals surface area contributed by atoms with Gasteiger partial charge in [-0.1, -0.05) is 13.8 Å². The second-order valence-corrected chi connectivity index (χ2v) is 6.00. The average molecular weight is 217 g/mol. The first-order chi connectivity index (χ1) is 6.38. The summed E-state index contributed by atoms with van der Waals surface area (Å²) in [5, 5.41) is 7.50. The molecule has 0 N–H and O–H groups in total. The number of hydrogen-bond donors (Lipinski definition) is 0. The van der Waals surface area contributed by atoms with E-state index in [-0.39, 0.29) is 5.75 Å². The van der Waals surface area contributed by atoms with Gasteiger partial charge in [-0.3, -0.25) is 0 Å². The Morgan fingerprint density at radius 3 is 2.64 bits per heavy atom. The second-order valence-electron chi connectivity index (χ2n) is 3.86. The maximum Gasteiger partial charge on any atom is 0.154 e. The third-order valence-electron chi connectivity index (χ3n) is 1.65. The highest BCUT2D eigenvalue weighted by Crippen LogP contribution is 2.05. The van der Waals surface area contributed by atoms with Crippen LogP contribution in [0.2, 0.25) is 0 Å². The van der Waals surface area contributed by atoms with Crippen molar-refractivity contribution < 1.29 is 8.42 Å². The molecule has 1 aromatic heterocycles. The molecule has 14 heavy (non-hydrogen) atoms. The van der Waals surface area contributed by atoms with Gasteiger partial charge in [-0.05, 0) is 5.92 Å². The minimum Gasteiger partial charge on any atom is -0.316 e. The Bertz CT molecular complexity index is 394. The third kappa shape index (κ3) is 3.45. The van der Waals surface area contributed by atoms with Gasteiger partial charge >= 0.3 is 0 Å². The fourth-order valence-electron chi connectivity index (χ4n) is 1.17. The highest BCUT2D eigenvalue weighted by atomic mass is 32.2. The molecule has 0 spiro atoms. The molecule has 0 aliphatic heterocycles. The Labute approximate surface area is 84.1 Å². The van der Waals surface area contributed by atoms with Crippen LogP contribution < -0.4 is 0 Å². The van der Waals surface area contributed by atoms with Gasteiger partial charge in [0, 0.05) is 12.8 Å². The first kappa shape index (κ1) is 11.2. The van der Waals surface area contributed by atoms with Crippen molar-refractivity contribution in [1.29, 1.82) is 0 Å². The summed E-state index contributed by atoms with van der Waals surface area (Å²) in [5.74, 6) is 0.921. The van der Waals surface area contributed by atoms with Gasteiger partial charge in [-0.2, -0.15) is 0 Å². The van der Waals surface area contributed by atoms with E-state index in [1.807, 2.05) is 0 Å². The van der Waals surface area contributed by atoms with Crippen LogP contribution in [0.5, 0.6) is 0 Å². The van der Waals surface area contributed by atoms with Gasteiger partial charge in [0.05, 0.1) is 0 Å². The highest BCUT2D eigenvalue weighted by Gasteiger charge is 2.11. The van der Waals surface area contributed by atoms with Gasteiger partial charge in [0.15, 0.2) is 9.84 Å². The molecule has 0 amide bonds. The molecule has 0 atom stereocenters. The SMILES string of the molecule is CC(C)Cn1cnnc1CS(C)(=O)=O. The van der Waals surface area contributed by atoms with Crippen molar-refractivity contribution in [2.75, 3.05) is 6.26 Å². The second kappa shape index (κ2) is 4.08. The van der Waals surface area contributed by atoms with Gasteiger partial charge < -0.3 is 4.57 Å². The van der Waals surface area contributed by atoms with E-state index in [1.54, 1.807) is 10.9 Å². The molecule has 0 radical (unpaired) electrons. The molecular formula is C8H15N3O2S. The van der Waals surface area contributed by atoms with Crippen LogP contribution in [-0.4, -0.2) is 29.4 Å². The zero-order valence-electron chi connectivity index (χ0n) is 8.64. The molecule has 1 aromatic rings. The van der Waals surface area contributed by atoms with Crippen molar-refractivity contribution in [3.63, 3.8) is 0 Å². The molecule has 0 saturated heterocycles. The van der Waals surface area contributed by atoms with E-state index in [9.17, 15) is 8.42 Å². The predicted molar refractivity (Wildman–Crippen MR) is 53.4 cm³/mol. The predicted octanol–water partition coefficient (Wildman–Crippen LogP) is 0.479. The molecule has 0 fully saturated rings. The van der Waals surface area contributed by atoms with E-state index >= 15 is 0 Å². The van der Waals surface area contributed by atoms with E-state index in [2.05, 4.69) is 24.0 Å². The lowest BCUT2D eigenvalue weighted by Gasteiger charge is -2.07. The molecule has 0 unspecified atom stereocenters. The van der Waals surface area contributed by atoms with Crippen molar-refractivity contribution in [3.05, 3.63) is 12.2 Å². The van der Waals surface area contributed by atoms with Crippen LogP contribution >= 0.6 is 0 Å². The smallest absolute Gasteiger partial charge is 0.154 e. The summed E-state index contributed by atoms with van der Waals surface area (Å²) in [5.41, 5.74) is 0. The fourth-order valence-corrected chi connectivity index (χ4v) is 1.86. The van der Waals surface area contributed by atoms with E-state index < -0.39 is 9.84 Å². The summed E-state index contributed by atoms with van der Waals surface area (Å²) in [7, 11) is -3.03. The lowest BCUT2D eigenvalue weighted by atomic mass is 10.2. The van der Waals surface area contributed by atoms with E-state index in [0.717, 1.165) is 6.54 Å². The van der Waals surface area contributed by atoms with Gasteiger partial charge in [0.2, 0.25) is 0 Å². The minimum atomic E-state index is -3.03.